The van der Waals surface area contributed by atoms with Gasteiger partial charge in [0.15, 0.2) is 0 Å². The first-order chi connectivity index (χ1) is 4.02. The summed E-state index contributed by atoms with van der Waals surface area (Å²) in [4.78, 5) is 0. The molecule has 0 spiro atoms. The number of hydrogen-bond donors (Lipinski definition) is 1. The maximum Gasteiger partial charge on any atom is 1.00 e. The monoisotopic (exact) mass is 175 g/mol. The molecule has 0 amide bonds. The van der Waals surface area contributed by atoms with Crippen LogP contribution in [0.1, 0.15) is 13.3 Å². The second-order valence-corrected chi connectivity index (χ2v) is 3.41. The van der Waals surface area contributed by atoms with Gasteiger partial charge in [0.05, 0.1) is 15.4 Å². The van der Waals surface area contributed by atoms with E-state index in [1.807, 2.05) is 0 Å². The van der Waals surface area contributed by atoms with E-state index >= 15 is 0 Å². The summed E-state index contributed by atoms with van der Waals surface area (Å²) >= 11 is 0. The van der Waals surface area contributed by atoms with Crippen molar-refractivity contribution >= 4 is 10.1 Å². The molecule has 1 unspecified atom stereocenters. The van der Waals surface area contributed by atoms with Crippen molar-refractivity contribution in [3.05, 3.63) is 0 Å². The molecule has 4 nitrogen and oxygen atoms in total. The van der Waals surface area contributed by atoms with Crippen molar-refractivity contribution in [1.29, 1.82) is 0 Å². The second-order valence-electron chi connectivity index (χ2n) is 1.76. The molecule has 0 radical (unpaired) electrons. The van der Waals surface area contributed by atoms with Crippen molar-refractivity contribution < 1.29 is 42.5 Å². The molecule has 0 aliphatic heterocycles. The number of rotatable bonds is 3. The Kier molecular flexibility index (Phi) is 7.42. The van der Waals surface area contributed by atoms with Crippen molar-refractivity contribution in [2.24, 2.45) is 5.73 Å². The van der Waals surface area contributed by atoms with Gasteiger partial charge < -0.3 is 10.3 Å². The van der Waals surface area contributed by atoms with Gasteiger partial charge in [-0.25, -0.2) is 8.42 Å². The predicted molar refractivity (Wildman–Crippen MR) is 32.8 cm³/mol. The molecular formula is C4H10NNaO3S. The zero-order valence-electron chi connectivity index (χ0n) is 6.20. The van der Waals surface area contributed by atoms with Crippen LogP contribution in [0.4, 0.5) is 0 Å². The molecule has 0 saturated heterocycles. The fraction of sp³-hybridized carbons (Fsp3) is 1.00. The summed E-state index contributed by atoms with van der Waals surface area (Å²) in [5.41, 5.74) is 4.99. The Morgan fingerprint density at radius 1 is 1.60 bits per heavy atom. The number of nitrogens with two attached hydrogens (primary N) is 1. The fourth-order valence-electron chi connectivity index (χ4n) is 0.489. The van der Waals surface area contributed by atoms with Crippen molar-refractivity contribution in [3.8, 4) is 0 Å². The Hall–Kier alpha value is 0.870. The molecule has 0 fully saturated rings. The van der Waals surface area contributed by atoms with Crippen LogP contribution in [0.2, 0.25) is 0 Å². The van der Waals surface area contributed by atoms with E-state index in [0.717, 1.165) is 0 Å². The van der Waals surface area contributed by atoms with Crippen LogP contribution in [-0.2, 0) is 10.1 Å². The van der Waals surface area contributed by atoms with Crippen LogP contribution in [-0.4, -0.2) is 24.8 Å². The van der Waals surface area contributed by atoms with E-state index in [9.17, 15) is 13.0 Å². The van der Waals surface area contributed by atoms with Gasteiger partial charge in [0.2, 0.25) is 0 Å². The van der Waals surface area contributed by atoms with E-state index in [4.69, 9.17) is 5.73 Å². The Labute approximate surface area is 83.2 Å². The molecule has 1 atom stereocenters. The standard InChI is InChI=1S/C4H11NO3S.Na/c1-2-4(3-5)9(6,7)8;/h4H,2-3,5H2,1H3,(H,6,7,8);/q;+1/p-1. The molecule has 0 aromatic rings. The normalized spacial score (nSPS) is 13.9. The molecule has 10 heavy (non-hydrogen) atoms. The van der Waals surface area contributed by atoms with Gasteiger partial charge in [-0.15, -0.1) is 0 Å². The van der Waals surface area contributed by atoms with Crippen LogP contribution in [0.15, 0.2) is 0 Å². The Balaban J connectivity index is 0. The van der Waals surface area contributed by atoms with Crippen LogP contribution in [0.3, 0.4) is 0 Å². The number of hydrogen-bond acceptors (Lipinski definition) is 4. The van der Waals surface area contributed by atoms with Crippen LogP contribution >= 0.6 is 0 Å². The van der Waals surface area contributed by atoms with Gasteiger partial charge >= 0.3 is 29.6 Å². The smallest absolute Gasteiger partial charge is 0.748 e. The van der Waals surface area contributed by atoms with Gasteiger partial charge in [0.1, 0.15) is 0 Å². The first-order valence-electron chi connectivity index (χ1n) is 2.67. The van der Waals surface area contributed by atoms with E-state index in [-0.39, 0.29) is 36.1 Å². The molecule has 6 heteroatoms. The summed E-state index contributed by atoms with van der Waals surface area (Å²) in [6.45, 7) is 1.54. The SMILES string of the molecule is CCC(CN)S(=O)(=O)[O-].[Na+]. The summed E-state index contributed by atoms with van der Waals surface area (Å²) in [7, 11) is -4.14. The van der Waals surface area contributed by atoms with Gasteiger partial charge in [0.25, 0.3) is 0 Å². The van der Waals surface area contributed by atoms with Gasteiger partial charge in [-0.05, 0) is 6.42 Å². The molecule has 0 aromatic heterocycles. The van der Waals surface area contributed by atoms with E-state index in [0.29, 0.717) is 6.42 Å². The minimum Gasteiger partial charge on any atom is -0.748 e. The minimum atomic E-state index is -4.14. The molecule has 0 aliphatic carbocycles. The summed E-state index contributed by atoms with van der Waals surface area (Å²) in [5, 5.41) is -0.905. The summed E-state index contributed by atoms with van der Waals surface area (Å²) in [6.07, 6.45) is 0.294. The summed E-state index contributed by atoms with van der Waals surface area (Å²) < 4.78 is 30.5. The van der Waals surface area contributed by atoms with Gasteiger partial charge in [0, 0.05) is 6.54 Å². The fourth-order valence-corrected chi connectivity index (χ4v) is 1.13. The molecule has 0 aliphatic rings. The molecule has 0 heterocycles. The first kappa shape index (κ1) is 13.5. The van der Waals surface area contributed by atoms with Crippen molar-refractivity contribution in [1.82, 2.24) is 0 Å². The topological polar surface area (TPSA) is 83.2 Å². The second kappa shape index (κ2) is 5.51. The predicted octanol–water partition coefficient (Wildman–Crippen LogP) is -3.73. The first-order valence-corrected chi connectivity index (χ1v) is 4.14. The summed E-state index contributed by atoms with van der Waals surface area (Å²) in [6, 6.07) is 0. The zero-order chi connectivity index (χ0) is 7.49. The average molecular weight is 175 g/mol. The van der Waals surface area contributed by atoms with Crippen LogP contribution in [0.25, 0.3) is 0 Å². The van der Waals surface area contributed by atoms with Gasteiger partial charge in [-0.3, -0.25) is 0 Å². The maximum absolute atomic E-state index is 10.2. The molecule has 0 saturated carbocycles. The Morgan fingerprint density at radius 2 is 2.00 bits per heavy atom. The van der Waals surface area contributed by atoms with E-state index < -0.39 is 15.4 Å². The van der Waals surface area contributed by atoms with Gasteiger partial charge in [-0.1, -0.05) is 6.92 Å². The van der Waals surface area contributed by atoms with E-state index in [1.165, 1.54) is 0 Å². The van der Waals surface area contributed by atoms with Crippen LogP contribution in [0.5, 0.6) is 0 Å². The minimum absolute atomic E-state index is 0. The zero-order valence-corrected chi connectivity index (χ0v) is 9.02. The van der Waals surface area contributed by atoms with Crippen LogP contribution < -0.4 is 35.3 Å². The van der Waals surface area contributed by atoms with E-state index in [2.05, 4.69) is 0 Å². The van der Waals surface area contributed by atoms with Crippen molar-refractivity contribution in [3.63, 3.8) is 0 Å². The molecule has 56 valence electrons. The summed E-state index contributed by atoms with van der Waals surface area (Å²) in [5.74, 6) is 0. The average Bonchev–Trinajstić information content (AvgIpc) is 1.65. The van der Waals surface area contributed by atoms with Crippen molar-refractivity contribution in [2.75, 3.05) is 6.54 Å². The van der Waals surface area contributed by atoms with Crippen molar-refractivity contribution in [2.45, 2.75) is 18.6 Å². The Bertz CT molecular complexity index is 163. The largest absolute Gasteiger partial charge is 1.00 e. The molecule has 0 aromatic carbocycles. The molecular weight excluding hydrogens is 165 g/mol. The third-order valence-corrected chi connectivity index (χ3v) is 2.47. The third kappa shape index (κ3) is 4.65. The van der Waals surface area contributed by atoms with Crippen LogP contribution in [0, 0.1) is 0 Å². The third-order valence-electron chi connectivity index (χ3n) is 1.13. The Morgan fingerprint density at radius 3 is 2.00 bits per heavy atom. The molecule has 0 rings (SSSR count). The maximum atomic E-state index is 10.2. The molecule has 2 N–H and O–H groups in total. The molecule has 0 bridgehead atoms. The van der Waals surface area contributed by atoms with Gasteiger partial charge in [-0.2, -0.15) is 0 Å². The van der Waals surface area contributed by atoms with E-state index in [1.54, 1.807) is 6.92 Å². The quantitative estimate of drug-likeness (QED) is 0.353.